The first-order valence-electron chi connectivity index (χ1n) is 6.51. The van der Waals surface area contributed by atoms with Crippen LogP contribution in [0.15, 0.2) is 53.6 Å². The third-order valence-corrected chi connectivity index (χ3v) is 2.68. The lowest BCUT2D eigenvalue weighted by molar-refractivity contribution is 0.0955. The van der Waals surface area contributed by atoms with Gasteiger partial charge in [0.2, 0.25) is 0 Å². The SMILES string of the molecule is CCOc1ccc(C(=O)N/N=C/c2ccc(F)cc2)cc1. The number of amides is 1. The minimum atomic E-state index is -0.323. The van der Waals surface area contributed by atoms with E-state index in [0.717, 1.165) is 0 Å². The predicted octanol–water partition coefficient (Wildman–Crippen LogP) is 2.99. The van der Waals surface area contributed by atoms with Gasteiger partial charge in [0, 0.05) is 5.56 Å². The zero-order chi connectivity index (χ0) is 15.1. The minimum absolute atomic E-state index is 0.314. The summed E-state index contributed by atoms with van der Waals surface area (Å²) in [6, 6.07) is 12.6. The van der Waals surface area contributed by atoms with Gasteiger partial charge in [0.1, 0.15) is 11.6 Å². The van der Waals surface area contributed by atoms with Crippen molar-refractivity contribution in [3.05, 3.63) is 65.5 Å². The van der Waals surface area contributed by atoms with E-state index in [1.165, 1.54) is 18.3 Å². The second-order valence-electron chi connectivity index (χ2n) is 4.21. The molecule has 2 rings (SSSR count). The number of hydrogen-bond donors (Lipinski definition) is 1. The molecule has 1 N–H and O–H groups in total. The van der Waals surface area contributed by atoms with Crippen LogP contribution in [0.4, 0.5) is 4.39 Å². The number of nitrogens with one attached hydrogen (secondary N) is 1. The van der Waals surface area contributed by atoms with Crippen molar-refractivity contribution in [1.82, 2.24) is 5.43 Å². The number of hydrazone groups is 1. The molecule has 0 aliphatic rings. The Morgan fingerprint density at radius 2 is 1.86 bits per heavy atom. The Balaban J connectivity index is 1.93. The topological polar surface area (TPSA) is 50.7 Å². The maximum atomic E-state index is 12.7. The molecule has 0 atom stereocenters. The number of nitrogens with zero attached hydrogens (tertiary/aromatic N) is 1. The standard InChI is InChI=1S/C16H15FN2O2/c1-2-21-15-9-5-13(6-10-15)16(20)19-18-11-12-3-7-14(17)8-4-12/h3-11H,2H2,1H3,(H,19,20)/b18-11+. The van der Waals surface area contributed by atoms with E-state index in [1.807, 2.05) is 6.92 Å². The Morgan fingerprint density at radius 3 is 2.48 bits per heavy atom. The van der Waals surface area contributed by atoms with E-state index >= 15 is 0 Å². The fourth-order valence-electron chi connectivity index (χ4n) is 1.65. The van der Waals surface area contributed by atoms with Crippen LogP contribution < -0.4 is 10.2 Å². The molecule has 0 aromatic heterocycles. The summed E-state index contributed by atoms with van der Waals surface area (Å²) in [5, 5.41) is 3.83. The molecule has 0 heterocycles. The molecule has 5 heteroatoms. The smallest absolute Gasteiger partial charge is 0.271 e. The first-order valence-corrected chi connectivity index (χ1v) is 6.51. The zero-order valence-electron chi connectivity index (χ0n) is 11.5. The average Bonchev–Trinajstić information content (AvgIpc) is 2.50. The van der Waals surface area contributed by atoms with Gasteiger partial charge in [-0.1, -0.05) is 12.1 Å². The van der Waals surface area contributed by atoms with Crippen LogP contribution in [0.25, 0.3) is 0 Å². The van der Waals surface area contributed by atoms with Gasteiger partial charge < -0.3 is 4.74 Å². The lowest BCUT2D eigenvalue weighted by Gasteiger charge is -2.03. The third-order valence-electron chi connectivity index (χ3n) is 2.68. The Morgan fingerprint density at radius 1 is 1.19 bits per heavy atom. The van der Waals surface area contributed by atoms with E-state index < -0.39 is 0 Å². The molecule has 108 valence electrons. The number of carbonyl (C=O) groups is 1. The zero-order valence-corrected chi connectivity index (χ0v) is 11.5. The lowest BCUT2D eigenvalue weighted by Crippen LogP contribution is -2.17. The molecule has 21 heavy (non-hydrogen) atoms. The molecule has 0 unspecified atom stereocenters. The maximum absolute atomic E-state index is 12.7. The molecule has 0 radical (unpaired) electrons. The minimum Gasteiger partial charge on any atom is -0.494 e. The fourth-order valence-corrected chi connectivity index (χ4v) is 1.65. The Bertz CT molecular complexity index is 622. The quantitative estimate of drug-likeness (QED) is 0.678. The average molecular weight is 286 g/mol. The second kappa shape index (κ2) is 7.19. The summed E-state index contributed by atoms with van der Waals surface area (Å²) >= 11 is 0. The summed E-state index contributed by atoms with van der Waals surface area (Å²) in [6.07, 6.45) is 1.45. The molecule has 0 aliphatic carbocycles. The molecule has 0 spiro atoms. The van der Waals surface area contributed by atoms with Gasteiger partial charge in [-0.05, 0) is 48.9 Å². The number of ether oxygens (including phenoxy) is 1. The molecule has 1 amide bonds. The number of hydrogen-bond acceptors (Lipinski definition) is 3. The van der Waals surface area contributed by atoms with Gasteiger partial charge in [-0.2, -0.15) is 5.10 Å². The van der Waals surface area contributed by atoms with Crippen LogP contribution in [0.1, 0.15) is 22.8 Å². The highest BCUT2D eigenvalue weighted by molar-refractivity contribution is 5.94. The third kappa shape index (κ3) is 4.42. The summed E-state index contributed by atoms with van der Waals surface area (Å²) in [6.45, 7) is 2.47. The molecular weight excluding hydrogens is 271 g/mol. The van der Waals surface area contributed by atoms with Crippen LogP contribution in [-0.4, -0.2) is 18.7 Å². The van der Waals surface area contributed by atoms with Crippen molar-refractivity contribution in [3.8, 4) is 5.75 Å². The van der Waals surface area contributed by atoms with Crippen LogP contribution in [-0.2, 0) is 0 Å². The summed E-state index contributed by atoms with van der Waals surface area (Å²) < 4.78 is 18.0. The number of halogens is 1. The number of rotatable bonds is 5. The summed E-state index contributed by atoms with van der Waals surface area (Å²) in [5.74, 6) is 0.0749. The van der Waals surface area contributed by atoms with E-state index in [4.69, 9.17) is 4.74 Å². The van der Waals surface area contributed by atoms with Crippen molar-refractivity contribution in [1.29, 1.82) is 0 Å². The fraction of sp³-hybridized carbons (Fsp3) is 0.125. The van der Waals surface area contributed by atoms with Crippen molar-refractivity contribution >= 4 is 12.1 Å². The Hall–Kier alpha value is -2.69. The van der Waals surface area contributed by atoms with E-state index in [2.05, 4.69) is 10.5 Å². The van der Waals surface area contributed by atoms with E-state index in [1.54, 1.807) is 36.4 Å². The second-order valence-corrected chi connectivity index (χ2v) is 4.21. The van der Waals surface area contributed by atoms with Crippen LogP contribution in [0.3, 0.4) is 0 Å². The van der Waals surface area contributed by atoms with Crippen LogP contribution >= 0.6 is 0 Å². The van der Waals surface area contributed by atoms with E-state index in [-0.39, 0.29) is 11.7 Å². The highest BCUT2D eigenvalue weighted by Crippen LogP contribution is 2.11. The summed E-state index contributed by atoms with van der Waals surface area (Å²) in [4.78, 5) is 11.8. The van der Waals surface area contributed by atoms with E-state index in [9.17, 15) is 9.18 Å². The predicted molar refractivity (Wildman–Crippen MR) is 79.1 cm³/mol. The molecule has 0 aliphatic heterocycles. The van der Waals surface area contributed by atoms with Gasteiger partial charge in [-0.3, -0.25) is 4.79 Å². The Labute approximate surface area is 122 Å². The molecule has 0 bridgehead atoms. The molecule has 2 aromatic carbocycles. The van der Waals surface area contributed by atoms with Crippen molar-refractivity contribution < 1.29 is 13.9 Å². The van der Waals surface area contributed by atoms with Crippen LogP contribution in [0.2, 0.25) is 0 Å². The van der Waals surface area contributed by atoms with E-state index in [0.29, 0.717) is 23.5 Å². The Kier molecular flexibility index (Phi) is 5.04. The van der Waals surface area contributed by atoms with Crippen LogP contribution in [0, 0.1) is 5.82 Å². The molecular formula is C16H15FN2O2. The highest BCUT2D eigenvalue weighted by Gasteiger charge is 2.03. The van der Waals surface area contributed by atoms with Gasteiger partial charge in [-0.15, -0.1) is 0 Å². The van der Waals surface area contributed by atoms with Gasteiger partial charge >= 0.3 is 0 Å². The molecule has 0 saturated heterocycles. The lowest BCUT2D eigenvalue weighted by atomic mass is 10.2. The van der Waals surface area contributed by atoms with Crippen molar-refractivity contribution in [3.63, 3.8) is 0 Å². The first kappa shape index (κ1) is 14.7. The van der Waals surface area contributed by atoms with Gasteiger partial charge in [0.05, 0.1) is 12.8 Å². The first-order chi connectivity index (χ1) is 10.2. The van der Waals surface area contributed by atoms with Gasteiger partial charge in [0.15, 0.2) is 0 Å². The van der Waals surface area contributed by atoms with Crippen molar-refractivity contribution in [2.45, 2.75) is 6.92 Å². The molecule has 4 nitrogen and oxygen atoms in total. The normalized spacial score (nSPS) is 10.6. The molecule has 0 fully saturated rings. The van der Waals surface area contributed by atoms with Crippen molar-refractivity contribution in [2.75, 3.05) is 6.61 Å². The summed E-state index contributed by atoms with van der Waals surface area (Å²) in [7, 11) is 0. The molecule has 2 aromatic rings. The maximum Gasteiger partial charge on any atom is 0.271 e. The largest absolute Gasteiger partial charge is 0.494 e. The molecule has 0 saturated carbocycles. The van der Waals surface area contributed by atoms with Gasteiger partial charge in [-0.25, -0.2) is 9.82 Å². The highest BCUT2D eigenvalue weighted by atomic mass is 19.1. The van der Waals surface area contributed by atoms with Crippen molar-refractivity contribution in [2.24, 2.45) is 5.10 Å². The monoisotopic (exact) mass is 286 g/mol. The number of carbonyl (C=O) groups excluding carboxylic acids is 1. The number of benzene rings is 2. The van der Waals surface area contributed by atoms with Gasteiger partial charge in [0.25, 0.3) is 5.91 Å². The summed E-state index contributed by atoms with van der Waals surface area (Å²) in [5.41, 5.74) is 3.59. The van der Waals surface area contributed by atoms with Crippen LogP contribution in [0.5, 0.6) is 5.75 Å².